The van der Waals surface area contributed by atoms with Gasteiger partial charge in [0, 0.05) is 11.6 Å². The van der Waals surface area contributed by atoms with Crippen LogP contribution in [0.4, 0.5) is 10.5 Å². The molecule has 3 rings (SSSR count). The zero-order chi connectivity index (χ0) is 18.7. The molecule has 0 bridgehead atoms. The van der Waals surface area contributed by atoms with Crippen LogP contribution in [0.15, 0.2) is 53.4 Å². The van der Waals surface area contributed by atoms with Crippen molar-refractivity contribution in [2.24, 2.45) is 0 Å². The standard InChI is InChI=1S/C17H17Cl2N3O3S/c18-12-7-9-13(10-8-12)26(24,25)22-11-3-6-16(22)21-17(23)20-15-5-2-1-4-14(15)19/h1-2,4-5,7-10,16H,3,6,11H2,(H2,20,21,23)/t16-/m0/s1. The first kappa shape index (κ1) is 19.0. The number of urea groups is 1. The molecule has 2 amide bonds. The van der Waals surface area contributed by atoms with Gasteiger partial charge < -0.3 is 10.6 Å². The fourth-order valence-corrected chi connectivity index (χ4v) is 4.71. The molecule has 1 saturated heterocycles. The van der Waals surface area contributed by atoms with Gasteiger partial charge in [0.05, 0.1) is 21.8 Å². The number of sulfonamides is 1. The first-order chi connectivity index (χ1) is 12.4. The summed E-state index contributed by atoms with van der Waals surface area (Å²) in [6, 6.07) is 12.3. The van der Waals surface area contributed by atoms with E-state index in [1.807, 2.05) is 0 Å². The first-order valence-corrected chi connectivity index (χ1v) is 10.2. The molecule has 0 spiro atoms. The molecule has 2 aromatic carbocycles. The van der Waals surface area contributed by atoms with Gasteiger partial charge in [-0.15, -0.1) is 0 Å². The van der Waals surface area contributed by atoms with Crippen LogP contribution in [0.3, 0.4) is 0 Å². The Balaban J connectivity index is 1.73. The minimum atomic E-state index is -3.73. The van der Waals surface area contributed by atoms with Gasteiger partial charge in [-0.2, -0.15) is 4.31 Å². The van der Waals surface area contributed by atoms with Crippen molar-refractivity contribution in [2.45, 2.75) is 23.9 Å². The fourth-order valence-electron chi connectivity index (χ4n) is 2.79. The lowest BCUT2D eigenvalue weighted by molar-refractivity contribution is 0.240. The first-order valence-electron chi connectivity index (χ1n) is 7.97. The molecule has 0 aromatic heterocycles. The van der Waals surface area contributed by atoms with Crippen molar-refractivity contribution in [3.63, 3.8) is 0 Å². The number of anilines is 1. The number of hydrogen-bond donors (Lipinski definition) is 2. The number of amides is 2. The normalized spacial score (nSPS) is 17.8. The van der Waals surface area contributed by atoms with E-state index in [0.29, 0.717) is 35.1 Å². The summed E-state index contributed by atoms with van der Waals surface area (Å²) >= 11 is 11.8. The quantitative estimate of drug-likeness (QED) is 0.796. The average molecular weight is 414 g/mol. The second-order valence-electron chi connectivity index (χ2n) is 5.81. The van der Waals surface area contributed by atoms with E-state index in [-0.39, 0.29) is 4.90 Å². The Labute approximate surface area is 162 Å². The Morgan fingerprint density at radius 1 is 1.08 bits per heavy atom. The van der Waals surface area contributed by atoms with E-state index in [1.54, 1.807) is 24.3 Å². The summed E-state index contributed by atoms with van der Waals surface area (Å²) in [5.74, 6) is 0. The summed E-state index contributed by atoms with van der Waals surface area (Å²) in [4.78, 5) is 12.4. The molecule has 1 heterocycles. The van der Waals surface area contributed by atoms with Gasteiger partial charge in [0.2, 0.25) is 10.0 Å². The van der Waals surface area contributed by atoms with E-state index >= 15 is 0 Å². The third-order valence-corrected chi connectivity index (χ3v) is 6.55. The zero-order valence-corrected chi connectivity index (χ0v) is 16.0. The second-order valence-corrected chi connectivity index (χ2v) is 8.54. The summed E-state index contributed by atoms with van der Waals surface area (Å²) in [6.45, 7) is 0.335. The van der Waals surface area contributed by atoms with Crippen molar-refractivity contribution in [1.29, 1.82) is 0 Å². The molecule has 1 atom stereocenters. The molecular weight excluding hydrogens is 397 g/mol. The molecule has 0 aliphatic carbocycles. The summed E-state index contributed by atoms with van der Waals surface area (Å²) in [5.41, 5.74) is 0.455. The van der Waals surface area contributed by atoms with Crippen LogP contribution in [0, 0.1) is 0 Å². The number of para-hydroxylation sites is 1. The largest absolute Gasteiger partial charge is 0.321 e. The lowest BCUT2D eigenvalue weighted by Crippen LogP contribution is -2.48. The summed E-state index contributed by atoms with van der Waals surface area (Å²) in [5, 5.41) is 6.20. The smallest absolute Gasteiger partial charge is 0.320 e. The molecule has 0 unspecified atom stereocenters. The zero-order valence-electron chi connectivity index (χ0n) is 13.7. The Morgan fingerprint density at radius 2 is 1.77 bits per heavy atom. The molecule has 1 aliphatic rings. The maximum absolute atomic E-state index is 12.8. The van der Waals surface area contributed by atoms with Crippen LogP contribution in [-0.4, -0.2) is 31.5 Å². The molecule has 138 valence electrons. The van der Waals surface area contributed by atoms with E-state index in [9.17, 15) is 13.2 Å². The number of nitrogens with zero attached hydrogens (tertiary/aromatic N) is 1. The predicted molar refractivity (Wildman–Crippen MR) is 102 cm³/mol. The van der Waals surface area contributed by atoms with Crippen LogP contribution in [0.5, 0.6) is 0 Å². The van der Waals surface area contributed by atoms with Gasteiger partial charge in [0.1, 0.15) is 0 Å². The van der Waals surface area contributed by atoms with Crippen molar-refractivity contribution in [2.75, 3.05) is 11.9 Å². The monoisotopic (exact) mass is 413 g/mol. The lowest BCUT2D eigenvalue weighted by atomic mass is 10.3. The molecule has 2 aromatic rings. The van der Waals surface area contributed by atoms with Crippen molar-refractivity contribution in [1.82, 2.24) is 9.62 Å². The van der Waals surface area contributed by atoms with Gasteiger partial charge in [0.25, 0.3) is 0 Å². The highest BCUT2D eigenvalue weighted by Gasteiger charge is 2.36. The Hall–Kier alpha value is -1.80. The van der Waals surface area contributed by atoms with E-state index in [2.05, 4.69) is 10.6 Å². The van der Waals surface area contributed by atoms with E-state index in [0.717, 1.165) is 0 Å². The number of benzene rings is 2. The number of hydrogen-bond acceptors (Lipinski definition) is 3. The molecule has 1 fully saturated rings. The van der Waals surface area contributed by atoms with Gasteiger partial charge in [-0.1, -0.05) is 35.3 Å². The number of carbonyl (C=O) groups excluding carboxylic acids is 1. The number of carbonyl (C=O) groups is 1. The van der Waals surface area contributed by atoms with Crippen LogP contribution < -0.4 is 10.6 Å². The number of rotatable bonds is 4. The summed E-state index contributed by atoms with van der Waals surface area (Å²) < 4.78 is 27.0. The van der Waals surface area contributed by atoms with Gasteiger partial charge in [-0.25, -0.2) is 13.2 Å². The van der Waals surface area contributed by atoms with E-state index in [1.165, 1.54) is 28.6 Å². The maximum atomic E-state index is 12.8. The van der Waals surface area contributed by atoms with E-state index in [4.69, 9.17) is 23.2 Å². The van der Waals surface area contributed by atoms with Crippen molar-refractivity contribution >= 4 is 44.9 Å². The van der Waals surface area contributed by atoms with E-state index < -0.39 is 22.2 Å². The molecule has 26 heavy (non-hydrogen) atoms. The highest BCUT2D eigenvalue weighted by Crippen LogP contribution is 2.26. The van der Waals surface area contributed by atoms with Crippen LogP contribution in [0.2, 0.25) is 10.0 Å². The highest BCUT2D eigenvalue weighted by atomic mass is 35.5. The Bertz CT molecular complexity index is 904. The molecular formula is C17H17Cl2N3O3S. The summed E-state index contributed by atoms with van der Waals surface area (Å²) in [6.07, 6.45) is 0.560. The molecule has 0 saturated carbocycles. The Morgan fingerprint density at radius 3 is 2.46 bits per heavy atom. The second kappa shape index (κ2) is 7.84. The van der Waals surface area contributed by atoms with Crippen molar-refractivity contribution in [3.05, 3.63) is 58.6 Å². The maximum Gasteiger partial charge on any atom is 0.320 e. The Kier molecular flexibility index (Phi) is 5.72. The molecule has 9 heteroatoms. The summed E-state index contributed by atoms with van der Waals surface area (Å²) in [7, 11) is -3.73. The third-order valence-electron chi connectivity index (χ3n) is 4.04. The predicted octanol–water partition coefficient (Wildman–Crippen LogP) is 3.93. The molecule has 2 N–H and O–H groups in total. The average Bonchev–Trinajstić information content (AvgIpc) is 3.06. The lowest BCUT2D eigenvalue weighted by Gasteiger charge is -2.25. The van der Waals surface area contributed by atoms with Gasteiger partial charge in [-0.3, -0.25) is 0 Å². The van der Waals surface area contributed by atoms with Crippen molar-refractivity contribution < 1.29 is 13.2 Å². The van der Waals surface area contributed by atoms with Crippen LogP contribution in [0.1, 0.15) is 12.8 Å². The number of halogens is 2. The van der Waals surface area contributed by atoms with Crippen LogP contribution >= 0.6 is 23.2 Å². The SMILES string of the molecule is O=C(Nc1ccccc1Cl)N[C@@H]1CCCN1S(=O)(=O)c1ccc(Cl)cc1. The van der Waals surface area contributed by atoms with Gasteiger partial charge in [-0.05, 0) is 49.2 Å². The fraction of sp³-hybridized carbons (Fsp3) is 0.235. The van der Waals surface area contributed by atoms with Gasteiger partial charge in [0.15, 0.2) is 0 Å². The molecule has 0 radical (unpaired) electrons. The number of nitrogens with one attached hydrogen (secondary N) is 2. The minimum Gasteiger partial charge on any atom is -0.321 e. The minimum absolute atomic E-state index is 0.141. The van der Waals surface area contributed by atoms with Crippen LogP contribution in [-0.2, 0) is 10.0 Å². The van der Waals surface area contributed by atoms with Gasteiger partial charge >= 0.3 is 6.03 Å². The van der Waals surface area contributed by atoms with Crippen molar-refractivity contribution in [3.8, 4) is 0 Å². The molecule has 1 aliphatic heterocycles. The molecule has 6 nitrogen and oxygen atoms in total. The highest BCUT2D eigenvalue weighted by molar-refractivity contribution is 7.89. The topological polar surface area (TPSA) is 78.5 Å². The third kappa shape index (κ3) is 4.12. The van der Waals surface area contributed by atoms with Crippen LogP contribution in [0.25, 0.3) is 0 Å².